The van der Waals surface area contributed by atoms with E-state index in [2.05, 4.69) is 17.4 Å². The second-order valence-electron chi connectivity index (χ2n) is 5.06. The van der Waals surface area contributed by atoms with E-state index in [9.17, 15) is 9.59 Å². The summed E-state index contributed by atoms with van der Waals surface area (Å²) in [4.78, 5) is 23.8. The molecule has 0 radical (unpaired) electrons. The van der Waals surface area contributed by atoms with Crippen molar-refractivity contribution >= 4 is 23.8 Å². The number of rotatable bonds is 5. The molecule has 0 spiro atoms. The number of nitrogens with one attached hydrogen (secondary N) is 1. The van der Waals surface area contributed by atoms with Crippen molar-refractivity contribution in [3.63, 3.8) is 0 Å². The number of carbonyl (C=O) groups is 2. The second kappa shape index (κ2) is 7.36. The number of amides is 2. The Labute approximate surface area is 128 Å². The highest BCUT2D eigenvalue weighted by atomic mass is 32.2. The Kier molecular flexibility index (Phi) is 5.50. The van der Waals surface area contributed by atoms with Crippen molar-refractivity contribution in [1.29, 1.82) is 0 Å². The fourth-order valence-electron chi connectivity index (χ4n) is 2.33. The number of hydrogen-bond donors (Lipinski definition) is 2. The molecule has 21 heavy (non-hydrogen) atoms. The number of fused-ring (bicyclic) bond motifs is 1. The number of carbonyl (C=O) groups excluding carboxylic acids is 1. The van der Waals surface area contributed by atoms with Crippen molar-refractivity contribution in [2.45, 2.75) is 18.1 Å². The zero-order valence-corrected chi connectivity index (χ0v) is 12.9. The normalized spacial score (nSPS) is 16.9. The van der Waals surface area contributed by atoms with Gasteiger partial charge in [0.1, 0.15) is 0 Å². The Balaban J connectivity index is 1.86. The molecule has 2 amide bonds. The number of aliphatic carboxylic acids is 1. The highest BCUT2D eigenvalue weighted by Crippen LogP contribution is 2.35. The lowest BCUT2D eigenvalue weighted by atomic mass is 10.0. The number of urea groups is 1. The first-order chi connectivity index (χ1) is 10.1. The zero-order chi connectivity index (χ0) is 15.2. The average molecular weight is 308 g/mol. The van der Waals surface area contributed by atoms with E-state index in [0.29, 0.717) is 6.54 Å². The lowest BCUT2D eigenvalue weighted by molar-refractivity contribution is -0.137. The van der Waals surface area contributed by atoms with Gasteiger partial charge in [-0.1, -0.05) is 24.3 Å². The number of nitrogens with zero attached hydrogens (tertiary/aromatic N) is 1. The molecule has 0 aromatic heterocycles. The minimum Gasteiger partial charge on any atom is -0.481 e. The van der Waals surface area contributed by atoms with Gasteiger partial charge in [-0.05, 0) is 23.3 Å². The molecular formula is C15H20N2O3S. The van der Waals surface area contributed by atoms with E-state index in [4.69, 9.17) is 5.11 Å². The largest absolute Gasteiger partial charge is 0.481 e. The predicted octanol–water partition coefficient (Wildman–Crippen LogP) is 2.13. The van der Waals surface area contributed by atoms with Gasteiger partial charge >= 0.3 is 12.0 Å². The van der Waals surface area contributed by atoms with Gasteiger partial charge in [0.15, 0.2) is 0 Å². The van der Waals surface area contributed by atoms with Crippen LogP contribution in [0, 0.1) is 0 Å². The SMILES string of the molecule is CN(CCC(=O)O)C(=O)NCC1SCCc2ccccc21. The maximum atomic E-state index is 11.9. The number of thioether (sulfide) groups is 1. The molecule has 1 aliphatic heterocycles. The van der Waals surface area contributed by atoms with Crippen molar-refractivity contribution in [3.05, 3.63) is 35.4 Å². The molecule has 0 aliphatic carbocycles. The van der Waals surface area contributed by atoms with Crippen LogP contribution < -0.4 is 5.32 Å². The molecule has 6 heteroatoms. The number of hydrogen-bond acceptors (Lipinski definition) is 3. The van der Waals surface area contributed by atoms with E-state index in [1.54, 1.807) is 7.05 Å². The van der Waals surface area contributed by atoms with Crippen molar-refractivity contribution in [3.8, 4) is 0 Å². The van der Waals surface area contributed by atoms with Gasteiger partial charge in [-0.2, -0.15) is 11.8 Å². The highest BCUT2D eigenvalue weighted by Gasteiger charge is 2.21. The van der Waals surface area contributed by atoms with Gasteiger partial charge in [-0.3, -0.25) is 4.79 Å². The van der Waals surface area contributed by atoms with Crippen LogP contribution in [0.1, 0.15) is 22.8 Å². The van der Waals surface area contributed by atoms with Crippen LogP contribution in [-0.4, -0.2) is 47.9 Å². The Hall–Kier alpha value is -1.69. The third kappa shape index (κ3) is 4.39. The molecule has 1 aromatic rings. The van der Waals surface area contributed by atoms with Crippen LogP contribution in [0.3, 0.4) is 0 Å². The van der Waals surface area contributed by atoms with Crippen LogP contribution in [0.4, 0.5) is 4.79 Å². The summed E-state index contributed by atoms with van der Waals surface area (Å²) in [5, 5.41) is 11.8. The Morgan fingerprint density at radius 3 is 2.95 bits per heavy atom. The molecule has 0 saturated heterocycles. The number of carboxylic acids is 1. The van der Waals surface area contributed by atoms with Gasteiger partial charge in [-0.15, -0.1) is 0 Å². The summed E-state index contributed by atoms with van der Waals surface area (Å²) in [7, 11) is 1.61. The Morgan fingerprint density at radius 1 is 1.43 bits per heavy atom. The van der Waals surface area contributed by atoms with E-state index in [1.165, 1.54) is 16.0 Å². The van der Waals surface area contributed by atoms with E-state index in [-0.39, 0.29) is 24.2 Å². The molecule has 2 rings (SSSR count). The van der Waals surface area contributed by atoms with Crippen molar-refractivity contribution in [2.75, 3.05) is 25.9 Å². The van der Waals surface area contributed by atoms with Crippen LogP contribution in [0.25, 0.3) is 0 Å². The molecule has 0 bridgehead atoms. The molecule has 0 fully saturated rings. The minimum atomic E-state index is -0.897. The average Bonchev–Trinajstić information content (AvgIpc) is 2.50. The van der Waals surface area contributed by atoms with Crippen LogP contribution >= 0.6 is 11.8 Å². The lowest BCUT2D eigenvalue weighted by Gasteiger charge is -2.26. The van der Waals surface area contributed by atoms with E-state index in [0.717, 1.165) is 12.2 Å². The molecule has 1 aliphatic rings. The first-order valence-corrected chi connectivity index (χ1v) is 8.03. The number of aryl methyl sites for hydroxylation is 1. The Morgan fingerprint density at radius 2 is 2.19 bits per heavy atom. The van der Waals surface area contributed by atoms with Crippen LogP contribution in [0.2, 0.25) is 0 Å². The topological polar surface area (TPSA) is 69.6 Å². The summed E-state index contributed by atoms with van der Waals surface area (Å²) < 4.78 is 0. The molecule has 114 valence electrons. The van der Waals surface area contributed by atoms with Gasteiger partial charge in [0.25, 0.3) is 0 Å². The van der Waals surface area contributed by atoms with Crippen molar-refractivity contribution in [1.82, 2.24) is 10.2 Å². The van der Waals surface area contributed by atoms with Crippen LogP contribution in [0.15, 0.2) is 24.3 Å². The summed E-state index contributed by atoms with van der Waals surface area (Å²) in [6.07, 6.45) is 1.04. The van der Waals surface area contributed by atoms with Gasteiger partial charge < -0.3 is 15.3 Å². The molecular weight excluding hydrogens is 288 g/mol. The quantitative estimate of drug-likeness (QED) is 0.874. The molecule has 0 saturated carbocycles. The maximum Gasteiger partial charge on any atom is 0.317 e. The van der Waals surface area contributed by atoms with Gasteiger partial charge in [-0.25, -0.2) is 4.79 Å². The molecule has 1 unspecified atom stereocenters. The minimum absolute atomic E-state index is 0.0368. The van der Waals surface area contributed by atoms with Gasteiger partial charge in [0, 0.05) is 25.4 Å². The van der Waals surface area contributed by atoms with Gasteiger partial charge in [0.05, 0.1) is 6.42 Å². The lowest BCUT2D eigenvalue weighted by Crippen LogP contribution is -2.40. The molecule has 1 aromatic carbocycles. The summed E-state index contributed by atoms with van der Waals surface area (Å²) in [6.45, 7) is 0.785. The first-order valence-electron chi connectivity index (χ1n) is 6.98. The molecule has 1 heterocycles. The maximum absolute atomic E-state index is 11.9. The summed E-state index contributed by atoms with van der Waals surface area (Å²) in [5.41, 5.74) is 2.65. The number of benzene rings is 1. The summed E-state index contributed by atoms with van der Waals surface area (Å²) >= 11 is 1.85. The third-order valence-corrected chi connectivity index (χ3v) is 4.80. The zero-order valence-electron chi connectivity index (χ0n) is 12.0. The van der Waals surface area contributed by atoms with E-state index < -0.39 is 5.97 Å². The fraction of sp³-hybridized carbons (Fsp3) is 0.467. The molecule has 2 N–H and O–H groups in total. The van der Waals surface area contributed by atoms with E-state index >= 15 is 0 Å². The van der Waals surface area contributed by atoms with Crippen LogP contribution in [-0.2, 0) is 11.2 Å². The standard InChI is InChI=1S/C15H20N2O3S/c1-17(8-6-14(18)19)15(20)16-10-13-12-5-3-2-4-11(12)7-9-21-13/h2-5,13H,6-10H2,1H3,(H,16,20)(H,18,19). The molecule has 5 nitrogen and oxygen atoms in total. The predicted molar refractivity (Wildman–Crippen MR) is 83.6 cm³/mol. The van der Waals surface area contributed by atoms with Crippen LogP contribution in [0.5, 0.6) is 0 Å². The monoisotopic (exact) mass is 308 g/mol. The molecule has 1 atom stereocenters. The van der Waals surface area contributed by atoms with Gasteiger partial charge in [0.2, 0.25) is 0 Å². The summed E-state index contributed by atoms with van der Waals surface area (Å²) in [5.74, 6) is 0.165. The van der Waals surface area contributed by atoms with E-state index in [1.807, 2.05) is 23.9 Å². The van der Waals surface area contributed by atoms with Crippen molar-refractivity contribution in [2.24, 2.45) is 0 Å². The third-order valence-electron chi connectivity index (χ3n) is 3.54. The highest BCUT2D eigenvalue weighted by molar-refractivity contribution is 7.99. The smallest absolute Gasteiger partial charge is 0.317 e. The summed E-state index contributed by atoms with van der Waals surface area (Å²) in [6, 6.07) is 8.11. The Bertz CT molecular complexity index is 521. The number of carboxylic acid groups (broad SMARTS) is 1. The fourth-order valence-corrected chi connectivity index (χ4v) is 3.56. The van der Waals surface area contributed by atoms with Crippen molar-refractivity contribution < 1.29 is 14.7 Å². The second-order valence-corrected chi connectivity index (χ2v) is 6.37. The first kappa shape index (κ1) is 15.7.